The van der Waals surface area contributed by atoms with Gasteiger partial charge in [0.1, 0.15) is 16.7 Å². The van der Waals surface area contributed by atoms with Crippen LogP contribution in [0.4, 0.5) is 0 Å². The second-order valence-corrected chi connectivity index (χ2v) is 19.3. The Morgan fingerprint density at radius 2 is 1.43 bits per heavy atom. The maximum absolute atomic E-state index is 8.79. The largest absolute Gasteiger partial charge is 0.499 e. The van der Waals surface area contributed by atoms with Crippen molar-refractivity contribution in [2.24, 2.45) is 0 Å². The average Bonchev–Trinajstić information content (AvgIpc) is 4.10. The summed E-state index contributed by atoms with van der Waals surface area (Å²) in [6, 6.07) is 51.8. The van der Waals surface area contributed by atoms with E-state index in [2.05, 4.69) is 130 Å². The Bertz CT molecular complexity index is 4120. The zero-order chi connectivity index (χ0) is 52.7. The van der Waals surface area contributed by atoms with Gasteiger partial charge in [-0.15, -0.1) is 54.1 Å². The maximum atomic E-state index is 8.79. The summed E-state index contributed by atoms with van der Waals surface area (Å²) in [7, 11) is 0. The number of fused-ring (bicyclic) bond motifs is 9. The van der Waals surface area contributed by atoms with E-state index in [-0.39, 0.29) is 65.2 Å². The molecule has 7 nitrogen and oxygen atoms in total. The number of hydrogen-bond acceptors (Lipinski definition) is 6. The van der Waals surface area contributed by atoms with E-state index in [0.717, 1.165) is 66.8 Å². The molecule has 12 aromatic rings. The molecule has 0 fully saturated rings. The molecule has 0 bridgehead atoms. The van der Waals surface area contributed by atoms with Gasteiger partial charge >= 0.3 is 0 Å². The van der Waals surface area contributed by atoms with Crippen LogP contribution in [0.1, 0.15) is 96.5 Å². The molecule has 0 aliphatic carbocycles. The number of furan rings is 2. The van der Waals surface area contributed by atoms with Crippen molar-refractivity contribution >= 4 is 65.9 Å². The van der Waals surface area contributed by atoms with Crippen LogP contribution in [0.25, 0.3) is 106 Å². The summed E-state index contributed by atoms with van der Waals surface area (Å²) in [6.45, 7) is 10.2. The minimum absolute atomic E-state index is 0. The fraction of sp³-hybridized carbons (Fsp3) is 0.194. The standard InChI is InChI=1S/C48H38N3O2.C14H15N2.Ir/c1-26(2)36-24-32(30-13-8-7-9-14-30)25-37(27(3)4)43(36)51-44-33-16-11-10-15-31(33)20-21-39(44)49-47(51)35-18-12-17-34-42-45(53-46(34)35)29(6)41-38-23-28(5)19-22-40(38)52-48(41)50-42;1-14(2,3)12-9-10-15-13(16-12)11-7-5-4-6-8-11;/h7-17,19-27H,1-6H3;4-7,9-10H,1-3H3;/q2*-1;/i5D3,6D3;;. The van der Waals surface area contributed by atoms with Gasteiger partial charge in [0.05, 0.1) is 33.7 Å². The maximum Gasteiger partial charge on any atom is 0.228 e. The van der Waals surface area contributed by atoms with E-state index in [1.54, 1.807) is 12.1 Å². The van der Waals surface area contributed by atoms with Crippen LogP contribution in [0.3, 0.4) is 0 Å². The van der Waals surface area contributed by atoms with Crippen LogP contribution >= 0.6 is 0 Å². The zero-order valence-corrected chi connectivity index (χ0v) is 42.3. The molecule has 7 aromatic carbocycles. The summed E-state index contributed by atoms with van der Waals surface area (Å²) in [5, 5.41) is 3.22. The fourth-order valence-electron chi connectivity index (χ4n) is 9.39. The summed E-state index contributed by atoms with van der Waals surface area (Å²) < 4.78 is 65.6. The van der Waals surface area contributed by atoms with Crippen LogP contribution in [0.5, 0.6) is 0 Å². The number of aromatic nitrogens is 5. The first-order valence-electron chi connectivity index (χ1n) is 26.3. The SMILES string of the molecule is CC(C)(C)c1ccnc(-c2[c-]cccc2)n1.[2H]C([2H])([2H])c1ccc2oc3nc4c(oc5c(-c6nc7ccc8ccccc8c7n6-c6c(C(C)C)cc(-c7ccccc7)cc6C(C)C)[c-]ccc54)c(C([2H])([2H])[2H])c3c2c1.[Ir]. The van der Waals surface area contributed by atoms with Gasteiger partial charge in [-0.1, -0.05) is 126 Å². The Morgan fingerprint density at radius 3 is 2.16 bits per heavy atom. The molecule has 1 radical (unpaired) electrons. The molecule has 0 aliphatic heterocycles. The number of rotatable bonds is 6. The molecule has 8 heteroatoms. The summed E-state index contributed by atoms with van der Waals surface area (Å²) in [4.78, 5) is 19.1. The van der Waals surface area contributed by atoms with Crippen molar-refractivity contribution in [1.29, 1.82) is 0 Å². The van der Waals surface area contributed by atoms with Crippen LogP contribution in [-0.4, -0.2) is 24.5 Å². The number of aryl methyl sites for hydroxylation is 2. The van der Waals surface area contributed by atoms with Crippen LogP contribution < -0.4 is 0 Å². The molecule has 0 aliphatic rings. The summed E-state index contributed by atoms with van der Waals surface area (Å²) in [5.74, 6) is 1.58. The predicted molar refractivity (Wildman–Crippen MR) is 283 cm³/mol. The van der Waals surface area contributed by atoms with Crippen LogP contribution in [0.2, 0.25) is 0 Å². The van der Waals surface area contributed by atoms with E-state index in [4.69, 9.17) is 27.0 Å². The topological polar surface area (TPSA) is 82.8 Å². The summed E-state index contributed by atoms with van der Waals surface area (Å²) in [5.41, 5.74) is 11.0. The predicted octanol–water partition coefficient (Wildman–Crippen LogP) is 16.6. The van der Waals surface area contributed by atoms with Gasteiger partial charge in [0.15, 0.2) is 0 Å². The van der Waals surface area contributed by atoms with Gasteiger partial charge in [-0.05, 0) is 95.0 Å². The first-order valence-corrected chi connectivity index (χ1v) is 23.3. The normalized spacial score (nSPS) is 13.6. The minimum Gasteiger partial charge on any atom is -0.499 e. The molecule has 349 valence electrons. The Morgan fingerprint density at radius 1 is 0.657 bits per heavy atom. The quantitative estimate of drug-likeness (QED) is 0.154. The zero-order valence-electron chi connectivity index (χ0n) is 45.9. The molecular formula is C62H53IrN5O2-2. The Balaban J connectivity index is 0.000000331. The van der Waals surface area contributed by atoms with Crippen molar-refractivity contribution in [3.05, 3.63) is 186 Å². The third-order valence-electron chi connectivity index (χ3n) is 12.9. The van der Waals surface area contributed by atoms with Crippen LogP contribution in [0, 0.1) is 25.8 Å². The van der Waals surface area contributed by atoms with E-state index >= 15 is 0 Å². The second kappa shape index (κ2) is 18.2. The number of hydrogen-bond donors (Lipinski definition) is 0. The molecule has 5 aromatic heterocycles. The van der Waals surface area contributed by atoms with Gasteiger partial charge in [0.2, 0.25) is 5.71 Å². The molecule has 12 rings (SSSR count). The smallest absolute Gasteiger partial charge is 0.228 e. The van der Waals surface area contributed by atoms with Crippen molar-refractivity contribution in [2.75, 3.05) is 0 Å². The first-order chi connectivity index (χ1) is 35.8. The van der Waals surface area contributed by atoms with Gasteiger partial charge in [-0.2, -0.15) is 0 Å². The monoisotopic (exact) mass is 1100 g/mol. The molecule has 5 heterocycles. The first kappa shape index (κ1) is 39.6. The van der Waals surface area contributed by atoms with Gasteiger partial charge < -0.3 is 13.4 Å². The van der Waals surface area contributed by atoms with Gasteiger partial charge in [-0.25, -0.2) is 4.98 Å². The molecule has 70 heavy (non-hydrogen) atoms. The molecular weight excluding hydrogens is 1040 g/mol. The molecule has 0 amide bonds. The Labute approximate surface area is 430 Å². The van der Waals surface area contributed by atoms with Gasteiger partial charge in [-0.3, -0.25) is 15.0 Å². The van der Waals surface area contributed by atoms with E-state index < -0.39 is 13.7 Å². The van der Waals surface area contributed by atoms with E-state index in [9.17, 15) is 0 Å². The summed E-state index contributed by atoms with van der Waals surface area (Å²) in [6.07, 6.45) is 1.81. The third kappa shape index (κ3) is 8.09. The van der Waals surface area contributed by atoms with E-state index in [1.165, 1.54) is 12.1 Å². The minimum atomic E-state index is -2.69. The molecule has 0 unspecified atom stereocenters. The van der Waals surface area contributed by atoms with Gasteiger partial charge in [0.25, 0.3) is 0 Å². The van der Waals surface area contributed by atoms with Crippen LogP contribution in [-0.2, 0) is 25.5 Å². The third-order valence-corrected chi connectivity index (χ3v) is 12.9. The number of imidazole rings is 1. The molecule has 0 N–H and O–H groups in total. The van der Waals surface area contributed by atoms with Crippen molar-refractivity contribution in [1.82, 2.24) is 24.5 Å². The molecule has 0 spiro atoms. The Hall–Kier alpha value is -7.25. The van der Waals surface area contributed by atoms with Gasteiger partial charge in [0, 0.05) is 67.7 Å². The van der Waals surface area contributed by atoms with E-state index in [1.807, 2.05) is 66.9 Å². The van der Waals surface area contributed by atoms with Crippen molar-refractivity contribution in [3.63, 3.8) is 0 Å². The average molecular weight is 1100 g/mol. The summed E-state index contributed by atoms with van der Waals surface area (Å²) >= 11 is 0. The van der Waals surface area contributed by atoms with Crippen molar-refractivity contribution in [2.45, 2.75) is 79.4 Å². The molecule has 0 atom stereocenters. The molecule has 0 saturated heterocycles. The fourth-order valence-corrected chi connectivity index (χ4v) is 9.39. The van der Waals surface area contributed by atoms with Crippen molar-refractivity contribution < 1.29 is 37.2 Å². The van der Waals surface area contributed by atoms with Crippen LogP contribution in [0.15, 0.2) is 155 Å². The number of pyridine rings is 1. The van der Waals surface area contributed by atoms with Crippen molar-refractivity contribution in [3.8, 4) is 39.6 Å². The number of benzene rings is 7. The number of nitrogens with zero attached hydrogens (tertiary/aromatic N) is 5. The Kier molecular flexibility index (Phi) is 10.3. The molecule has 0 saturated carbocycles. The van der Waals surface area contributed by atoms with E-state index in [0.29, 0.717) is 38.8 Å². The second-order valence-electron chi connectivity index (χ2n) is 19.3.